The molecule has 4 heteroatoms. The van der Waals surface area contributed by atoms with Crippen molar-refractivity contribution in [1.82, 2.24) is 0 Å². The Morgan fingerprint density at radius 2 is 1.36 bits per heavy atom. The second-order valence-corrected chi connectivity index (χ2v) is 11.7. The Labute approximate surface area is 103 Å². The van der Waals surface area contributed by atoms with Gasteiger partial charge in [-0.05, 0) is 0 Å². The van der Waals surface area contributed by atoms with Crippen LogP contribution in [0.1, 0.15) is 0 Å². The Morgan fingerprint density at radius 1 is 0.909 bits per heavy atom. The van der Waals surface area contributed by atoms with Gasteiger partial charge in [-0.2, -0.15) is 0 Å². The van der Waals surface area contributed by atoms with Crippen LogP contribution in [-0.2, 0) is 0 Å². The molecule has 1 rings (SSSR count). The van der Waals surface area contributed by atoms with Crippen molar-refractivity contribution in [2.24, 2.45) is 0 Å². The molecule has 1 aliphatic heterocycles. The predicted molar refractivity (Wildman–Crippen MR) is 55.9 cm³/mol. The summed E-state index contributed by atoms with van der Waals surface area (Å²) in [7, 11) is 0. The van der Waals surface area contributed by atoms with E-state index in [0.717, 1.165) is 0 Å². The Bertz CT molecular complexity index is 82.5. The summed E-state index contributed by atoms with van der Waals surface area (Å²) in [5.74, 6) is 5.73. The standard InChI is InChI=1S/C7H15S2Te.HI/c1-10-6-4-8-2-3-9-5-7-10;/h2-7H2,1H3;1H/q+1;/p-1. The number of rotatable bonds is 0. The van der Waals surface area contributed by atoms with E-state index in [1.165, 1.54) is 23.0 Å². The molecule has 0 radical (unpaired) electrons. The van der Waals surface area contributed by atoms with Crippen LogP contribution in [0.5, 0.6) is 0 Å². The van der Waals surface area contributed by atoms with E-state index >= 15 is 0 Å². The third kappa shape index (κ3) is 7.30. The van der Waals surface area contributed by atoms with Crippen LogP contribution in [0.4, 0.5) is 0 Å². The third-order valence-corrected chi connectivity index (χ3v) is 10.5. The van der Waals surface area contributed by atoms with E-state index in [0.29, 0.717) is 0 Å². The Kier molecular flexibility index (Phi) is 10.6. The van der Waals surface area contributed by atoms with Gasteiger partial charge >= 0.3 is 80.0 Å². The molecule has 0 spiro atoms. The first-order chi connectivity index (χ1) is 4.89. The maximum absolute atomic E-state index is 2.55. The van der Waals surface area contributed by atoms with E-state index in [2.05, 4.69) is 28.5 Å². The van der Waals surface area contributed by atoms with E-state index in [-0.39, 0.29) is 24.0 Å². The molecule has 0 aliphatic carbocycles. The zero-order valence-electron chi connectivity index (χ0n) is 6.85. The quantitative estimate of drug-likeness (QED) is 0.388. The molecule has 0 N–H and O–H groups in total. The minimum absolute atomic E-state index is 0. The number of hydrogen-bond donors (Lipinski definition) is 0. The van der Waals surface area contributed by atoms with Crippen LogP contribution in [0.15, 0.2) is 0 Å². The fourth-order valence-electron chi connectivity index (χ4n) is 0.826. The van der Waals surface area contributed by atoms with Gasteiger partial charge in [0.05, 0.1) is 0 Å². The monoisotopic (exact) mass is 420 g/mol. The summed E-state index contributed by atoms with van der Waals surface area (Å²) < 4.78 is 3.21. The van der Waals surface area contributed by atoms with Gasteiger partial charge in [-0.15, -0.1) is 0 Å². The molecule has 1 fully saturated rings. The first kappa shape index (κ1) is 13.2. The van der Waals surface area contributed by atoms with E-state index in [1.54, 1.807) is 8.94 Å². The summed E-state index contributed by atoms with van der Waals surface area (Å²) in [6.45, 7) is 0. The summed E-state index contributed by atoms with van der Waals surface area (Å²) in [5.41, 5.74) is 0. The van der Waals surface area contributed by atoms with Crippen LogP contribution in [0.2, 0.25) is 13.9 Å². The fourth-order valence-corrected chi connectivity index (χ4v) is 10.5. The molecule has 1 saturated heterocycles. The third-order valence-electron chi connectivity index (χ3n) is 1.52. The van der Waals surface area contributed by atoms with Crippen molar-refractivity contribution in [2.45, 2.75) is 13.9 Å². The van der Waals surface area contributed by atoms with Gasteiger partial charge in [0.25, 0.3) is 0 Å². The maximum atomic E-state index is 2.55. The molecule has 68 valence electrons. The van der Waals surface area contributed by atoms with Crippen LogP contribution in [0, 0.1) is 0 Å². The average molecular weight is 418 g/mol. The predicted octanol–water partition coefficient (Wildman–Crippen LogP) is -0.405. The topological polar surface area (TPSA) is 0 Å². The zero-order valence-corrected chi connectivity index (χ0v) is 13.0. The van der Waals surface area contributed by atoms with Gasteiger partial charge in [0.15, 0.2) is 0 Å². The molecule has 0 aromatic carbocycles. The minimum Gasteiger partial charge on any atom is -1.00 e. The SMILES string of the molecule is C[Te+]1CCSCCSCC1.[I-]. The molecule has 11 heavy (non-hydrogen) atoms. The summed E-state index contributed by atoms with van der Waals surface area (Å²) in [4.78, 5) is 2.55. The summed E-state index contributed by atoms with van der Waals surface area (Å²) >= 11 is 3.83. The van der Waals surface area contributed by atoms with Crippen LogP contribution in [0.25, 0.3) is 0 Å². The van der Waals surface area contributed by atoms with E-state index in [1.807, 2.05) is 0 Å². The van der Waals surface area contributed by atoms with E-state index in [4.69, 9.17) is 0 Å². The largest absolute Gasteiger partial charge is 1.00 e. The van der Waals surface area contributed by atoms with E-state index in [9.17, 15) is 0 Å². The van der Waals surface area contributed by atoms with Crippen LogP contribution < -0.4 is 24.0 Å². The molecule has 0 amide bonds. The molecule has 0 aromatic heterocycles. The van der Waals surface area contributed by atoms with Crippen molar-refractivity contribution in [3.8, 4) is 0 Å². The summed E-state index contributed by atoms with van der Waals surface area (Å²) in [5, 5.41) is 0. The first-order valence-corrected chi connectivity index (χ1v) is 11.6. The molecule has 0 saturated carbocycles. The Balaban J connectivity index is 0.000001000. The van der Waals surface area contributed by atoms with Crippen molar-refractivity contribution in [3.63, 3.8) is 0 Å². The molecule has 0 nitrogen and oxygen atoms in total. The molecular weight excluding hydrogens is 403 g/mol. The fraction of sp³-hybridized carbons (Fsp3) is 1.00. The van der Waals surface area contributed by atoms with Gasteiger partial charge in [-0.3, -0.25) is 0 Å². The summed E-state index contributed by atoms with van der Waals surface area (Å²) in [6, 6.07) is 0. The zero-order chi connectivity index (χ0) is 7.23. The van der Waals surface area contributed by atoms with Gasteiger partial charge < -0.3 is 24.0 Å². The van der Waals surface area contributed by atoms with Crippen molar-refractivity contribution < 1.29 is 24.0 Å². The molecule has 0 bridgehead atoms. The van der Waals surface area contributed by atoms with Crippen molar-refractivity contribution in [2.75, 3.05) is 23.0 Å². The van der Waals surface area contributed by atoms with Crippen LogP contribution in [0.3, 0.4) is 0 Å². The molecule has 1 aliphatic rings. The summed E-state index contributed by atoms with van der Waals surface area (Å²) in [6.07, 6.45) is 0. The Hall–Kier alpha value is 2.22. The van der Waals surface area contributed by atoms with Gasteiger partial charge in [-0.1, -0.05) is 0 Å². The molecular formula is C7H15IS2Te. The van der Waals surface area contributed by atoms with Crippen LogP contribution >= 0.6 is 23.5 Å². The molecule has 0 unspecified atom stereocenters. The van der Waals surface area contributed by atoms with Gasteiger partial charge in [0.1, 0.15) is 0 Å². The smallest absolute Gasteiger partial charge is 1.00 e. The van der Waals surface area contributed by atoms with Crippen molar-refractivity contribution in [1.29, 1.82) is 0 Å². The second-order valence-electron chi connectivity index (χ2n) is 2.41. The van der Waals surface area contributed by atoms with Crippen LogP contribution in [-0.4, -0.2) is 42.6 Å². The maximum Gasteiger partial charge on any atom is -1.00 e. The molecule has 0 atom stereocenters. The molecule has 0 aromatic rings. The normalized spacial score (nSPS) is 22.6. The second kappa shape index (κ2) is 8.80. The van der Waals surface area contributed by atoms with Crippen molar-refractivity contribution >= 4 is 43.1 Å². The average Bonchev–Trinajstić information content (AvgIpc) is 2.02. The van der Waals surface area contributed by atoms with Crippen molar-refractivity contribution in [3.05, 3.63) is 0 Å². The number of halogens is 1. The van der Waals surface area contributed by atoms with Gasteiger partial charge in [-0.25, -0.2) is 0 Å². The Morgan fingerprint density at radius 3 is 1.82 bits per heavy atom. The number of hydrogen-bond acceptors (Lipinski definition) is 2. The number of thioether (sulfide) groups is 2. The first-order valence-electron chi connectivity index (χ1n) is 3.64. The van der Waals surface area contributed by atoms with Gasteiger partial charge in [0, 0.05) is 0 Å². The van der Waals surface area contributed by atoms with Gasteiger partial charge in [0.2, 0.25) is 0 Å². The van der Waals surface area contributed by atoms with E-state index < -0.39 is 19.6 Å². The minimum atomic E-state index is -0.510. The molecule has 1 heterocycles.